The lowest BCUT2D eigenvalue weighted by Crippen LogP contribution is -2.09. The number of hydrogen-bond acceptors (Lipinski definition) is 6. The van der Waals surface area contributed by atoms with Crippen molar-refractivity contribution in [3.63, 3.8) is 0 Å². The van der Waals surface area contributed by atoms with E-state index >= 15 is 0 Å². The van der Waals surface area contributed by atoms with Crippen molar-refractivity contribution < 1.29 is 23.5 Å². The number of nitrogen functional groups attached to an aromatic ring is 1. The van der Waals surface area contributed by atoms with Gasteiger partial charge in [0.05, 0.1) is 24.0 Å². The summed E-state index contributed by atoms with van der Waals surface area (Å²) in [6, 6.07) is 6.01. The van der Waals surface area contributed by atoms with Gasteiger partial charge in [-0.3, -0.25) is 0 Å². The summed E-state index contributed by atoms with van der Waals surface area (Å²) in [7, 11) is 1.23. The number of anilines is 1. The number of carbonyl (C=O) groups is 2. The zero-order valence-corrected chi connectivity index (χ0v) is 11.8. The smallest absolute Gasteiger partial charge is 0.374 e. The second-order valence-electron chi connectivity index (χ2n) is 4.08. The number of carbonyl (C=O) groups excluding carboxylic acids is 2. The zero-order chi connectivity index (χ0) is 15.4. The molecule has 21 heavy (non-hydrogen) atoms. The molecule has 0 spiro atoms. The van der Waals surface area contributed by atoms with Gasteiger partial charge in [-0.1, -0.05) is 11.6 Å². The molecule has 0 bridgehead atoms. The minimum atomic E-state index is -0.649. The number of halogens is 1. The number of benzene rings is 1. The van der Waals surface area contributed by atoms with Crippen LogP contribution in [0.25, 0.3) is 0 Å². The molecule has 2 rings (SSSR count). The van der Waals surface area contributed by atoms with Crippen molar-refractivity contribution in [2.75, 3.05) is 12.8 Å². The zero-order valence-electron chi connectivity index (χ0n) is 11.1. The van der Waals surface area contributed by atoms with Crippen LogP contribution in [0.5, 0.6) is 0 Å². The second-order valence-corrected chi connectivity index (χ2v) is 4.49. The number of esters is 2. The monoisotopic (exact) mass is 309 g/mol. The summed E-state index contributed by atoms with van der Waals surface area (Å²) >= 11 is 5.91. The molecule has 110 valence electrons. The average Bonchev–Trinajstić information content (AvgIpc) is 2.95. The van der Waals surface area contributed by atoms with Crippen LogP contribution in [0.1, 0.15) is 26.5 Å². The van der Waals surface area contributed by atoms with E-state index in [1.165, 1.54) is 31.6 Å². The van der Waals surface area contributed by atoms with Gasteiger partial charge in [-0.15, -0.1) is 0 Å². The summed E-state index contributed by atoms with van der Waals surface area (Å²) in [5.41, 5.74) is 6.54. The number of furan rings is 1. The van der Waals surface area contributed by atoms with Gasteiger partial charge in [0, 0.05) is 11.3 Å². The molecule has 0 fully saturated rings. The van der Waals surface area contributed by atoms with Crippen molar-refractivity contribution in [1.82, 2.24) is 0 Å². The molecule has 0 aliphatic rings. The van der Waals surface area contributed by atoms with E-state index in [-0.39, 0.29) is 23.0 Å². The Labute approximate surface area is 125 Å². The van der Waals surface area contributed by atoms with Crippen LogP contribution in [0.4, 0.5) is 5.69 Å². The van der Waals surface area contributed by atoms with E-state index in [0.29, 0.717) is 11.3 Å². The third-order valence-corrected chi connectivity index (χ3v) is 3.02. The van der Waals surface area contributed by atoms with Crippen molar-refractivity contribution in [3.8, 4) is 0 Å². The van der Waals surface area contributed by atoms with E-state index in [4.69, 9.17) is 26.5 Å². The molecule has 1 aromatic heterocycles. The van der Waals surface area contributed by atoms with Crippen molar-refractivity contribution in [2.24, 2.45) is 0 Å². The highest BCUT2D eigenvalue weighted by molar-refractivity contribution is 6.33. The SMILES string of the molecule is COC(=O)c1occc1COC(=O)c1cc(N)ccc1Cl. The predicted molar refractivity (Wildman–Crippen MR) is 75.0 cm³/mol. The van der Waals surface area contributed by atoms with E-state index in [1.807, 2.05) is 0 Å². The first-order valence-electron chi connectivity index (χ1n) is 5.89. The highest BCUT2D eigenvalue weighted by Crippen LogP contribution is 2.21. The van der Waals surface area contributed by atoms with E-state index < -0.39 is 11.9 Å². The molecule has 0 aliphatic heterocycles. The molecule has 2 N–H and O–H groups in total. The van der Waals surface area contributed by atoms with Crippen LogP contribution in [0.2, 0.25) is 5.02 Å². The molecule has 0 unspecified atom stereocenters. The van der Waals surface area contributed by atoms with E-state index in [0.717, 1.165) is 0 Å². The Hall–Kier alpha value is -2.47. The van der Waals surface area contributed by atoms with Gasteiger partial charge in [0.1, 0.15) is 6.61 Å². The van der Waals surface area contributed by atoms with Crippen molar-refractivity contribution in [2.45, 2.75) is 6.61 Å². The van der Waals surface area contributed by atoms with E-state index in [2.05, 4.69) is 4.74 Å². The number of nitrogens with two attached hydrogens (primary N) is 1. The third kappa shape index (κ3) is 3.35. The van der Waals surface area contributed by atoms with Gasteiger partial charge in [-0.2, -0.15) is 0 Å². The first-order valence-corrected chi connectivity index (χ1v) is 6.27. The topological polar surface area (TPSA) is 91.8 Å². The van der Waals surface area contributed by atoms with E-state index in [1.54, 1.807) is 6.07 Å². The summed E-state index contributed by atoms with van der Waals surface area (Å²) in [6.45, 7) is -0.148. The minimum absolute atomic E-state index is 0.0102. The Morgan fingerprint density at radius 2 is 2.05 bits per heavy atom. The predicted octanol–water partition coefficient (Wildman–Crippen LogP) is 2.66. The van der Waals surface area contributed by atoms with Crippen LogP contribution in [-0.4, -0.2) is 19.0 Å². The maximum atomic E-state index is 12.0. The molecule has 1 heterocycles. The second kappa shape index (κ2) is 6.32. The summed E-state index contributed by atoms with van der Waals surface area (Å²) in [4.78, 5) is 23.4. The molecule has 0 saturated heterocycles. The Morgan fingerprint density at radius 1 is 1.29 bits per heavy atom. The number of methoxy groups -OCH3 is 1. The van der Waals surface area contributed by atoms with Gasteiger partial charge in [0.15, 0.2) is 0 Å². The van der Waals surface area contributed by atoms with Gasteiger partial charge < -0.3 is 19.6 Å². The van der Waals surface area contributed by atoms with Crippen molar-refractivity contribution in [3.05, 3.63) is 52.4 Å². The minimum Gasteiger partial charge on any atom is -0.463 e. The molecular formula is C14H12ClNO5. The van der Waals surface area contributed by atoms with Crippen LogP contribution >= 0.6 is 11.6 Å². The Morgan fingerprint density at radius 3 is 2.76 bits per heavy atom. The largest absolute Gasteiger partial charge is 0.463 e. The summed E-state index contributed by atoms with van der Waals surface area (Å²) in [6.07, 6.45) is 1.31. The summed E-state index contributed by atoms with van der Waals surface area (Å²) in [5.74, 6) is -1.30. The normalized spacial score (nSPS) is 10.2. The maximum Gasteiger partial charge on any atom is 0.374 e. The lowest BCUT2D eigenvalue weighted by atomic mass is 10.2. The molecule has 2 aromatic rings. The molecule has 0 amide bonds. The van der Waals surface area contributed by atoms with Crippen LogP contribution in [0.15, 0.2) is 34.9 Å². The standard InChI is InChI=1S/C14H12ClNO5/c1-19-14(18)12-8(4-5-20-12)7-21-13(17)10-6-9(16)2-3-11(10)15/h2-6H,7,16H2,1H3. The number of ether oxygens (including phenoxy) is 2. The first kappa shape index (κ1) is 14.9. The Balaban J connectivity index is 2.10. The first-order chi connectivity index (χ1) is 10.0. The van der Waals surface area contributed by atoms with Crippen molar-refractivity contribution in [1.29, 1.82) is 0 Å². The average molecular weight is 310 g/mol. The van der Waals surface area contributed by atoms with Crippen LogP contribution in [0, 0.1) is 0 Å². The number of rotatable bonds is 4. The van der Waals surface area contributed by atoms with Gasteiger partial charge in [-0.25, -0.2) is 9.59 Å². The van der Waals surface area contributed by atoms with Gasteiger partial charge in [0.2, 0.25) is 5.76 Å². The number of hydrogen-bond donors (Lipinski definition) is 1. The van der Waals surface area contributed by atoms with Gasteiger partial charge in [0.25, 0.3) is 0 Å². The fraction of sp³-hybridized carbons (Fsp3) is 0.143. The Kier molecular flexibility index (Phi) is 4.49. The molecule has 6 nitrogen and oxygen atoms in total. The van der Waals surface area contributed by atoms with Crippen molar-refractivity contribution >= 4 is 29.2 Å². The van der Waals surface area contributed by atoms with Crippen LogP contribution < -0.4 is 5.73 Å². The fourth-order valence-corrected chi connectivity index (χ4v) is 1.84. The van der Waals surface area contributed by atoms with E-state index in [9.17, 15) is 9.59 Å². The van der Waals surface area contributed by atoms with Gasteiger partial charge >= 0.3 is 11.9 Å². The quantitative estimate of drug-likeness (QED) is 0.689. The van der Waals surface area contributed by atoms with Crippen LogP contribution in [0.3, 0.4) is 0 Å². The third-order valence-electron chi connectivity index (χ3n) is 2.69. The molecule has 0 saturated carbocycles. The molecule has 1 aromatic carbocycles. The lowest BCUT2D eigenvalue weighted by molar-refractivity contribution is 0.0454. The fourth-order valence-electron chi connectivity index (χ4n) is 1.64. The lowest BCUT2D eigenvalue weighted by Gasteiger charge is -2.07. The highest BCUT2D eigenvalue weighted by atomic mass is 35.5. The Bertz CT molecular complexity index is 680. The summed E-state index contributed by atoms with van der Waals surface area (Å²) < 4.78 is 14.6. The molecule has 0 atom stereocenters. The molecule has 0 radical (unpaired) electrons. The molecule has 7 heteroatoms. The van der Waals surface area contributed by atoms with Crippen LogP contribution in [-0.2, 0) is 16.1 Å². The highest BCUT2D eigenvalue weighted by Gasteiger charge is 2.18. The molecule has 0 aliphatic carbocycles. The van der Waals surface area contributed by atoms with Gasteiger partial charge in [-0.05, 0) is 24.3 Å². The maximum absolute atomic E-state index is 12.0. The summed E-state index contributed by atoms with van der Waals surface area (Å²) in [5, 5.41) is 0.231. The molecular weight excluding hydrogens is 298 g/mol.